The van der Waals surface area contributed by atoms with Crippen LogP contribution in [0.1, 0.15) is 29.2 Å². The van der Waals surface area contributed by atoms with Crippen molar-refractivity contribution in [3.8, 4) is 0 Å². The summed E-state index contributed by atoms with van der Waals surface area (Å²) in [6.45, 7) is 4.95. The van der Waals surface area contributed by atoms with Crippen molar-refractivity contribution in [2.24, 2.45) is 0 Å². The van der Waals surface area contributed by atoms with E-state index in [0.29, 0.717) is 5.15 Å². The molecule has 0 atom stereocenters. The predicted molar refractivity (Wildman–Crippen MR) is 142 cm³/mol. The van der Waals surface area contributed by atoms with Crippen LogP contribution in [0.2, 0.25) is 15.7 Å². The second kappa shape index (κ2) is 10.9. The molecule has 0 spiro atoms. The van der Waals surface area contributed by atoms with E-state index in [9.17, 15) is 0 Å². The summed E-state index contributed by atoms with van der Waals surface area (Å²) in [5.74, 6) is 0.805. The number of fused-ring (bicyclic) bond motifs is 2. The van der Waals surface area contributed by atoms with Gasteiger partial charge in [-0.15, -0.1) is 22.7 Å². The first-order valence-corrected chi connectivity index (χ1v) is 13.1. The van der Waals surface area contributed by atoms with Crippen LogP contribution in [0.25, 0.3) is 20.4 Å². The zero-order valence-electron chi connectivity index (χ0n) is 17.9. The van der Waals surface area contributed by atoms with Gasteiger partial charge in [0.1, 0.15) is 20.6 Å². The fourth-order valence-electron chi connectivity index (χ4n) is 3.12. The quantitative estimate of drug-likeness (QED) is 0.182. The number of nitrogens with zero attached hydrogens (tertiary/aromatic N) is 4. The minimum absolute atomic E-state index is 0.210. The van der Waals surface area contributed by atoms with E-state index in [1.54, 1.807) is 22.7 Å². The maximum absolute atomic E-state index is 6.00. The molecule has 4 aromatic heterocycles. The molecule has 0 aliphatic carbocycles. The number of anilines is 1. The number of aromatic nitrogens is 4. The number of benzene rings is 1. The van der Waals surface area contributed by atoms with E-state index in [1.165, 1.54) is 15.3 Å². The summed E-state index contributed by atoms with van der Waals surface area (Å²) in [5, 5.41) is 6.23. The Balaban J connectivity index is 0.000000172. The third-order valence-corrected chi connectivity index (χ3v) is 7.76. The second-order valence-electron chi connectivity index (χ2n) is 7.03. The van der Waals surface area contributed by atoms with Crippen LogP contribution in [0.15, 0.2) is 42.5 Å². The molecule has 5 aromatic rings. The number of nitrogens with one attached hydrogen (secondary N) is 1. The van der Waals surface area contributed by atoms with Crippen molar-refractivity contribution in [2.75, 3.05) is 5.32 Å². The van der Waals surface area contributed by atoms with E-state index >= 15 is 0 Å². The number of aryl methyl sites for hydroxylation is 2. The van der Waals surface area contributed by atoms with Gasteiger partial charge < -0.3 is 5.32 Å². The molecule has 0 saturated heterocycles. The first-order valence-electron chi connectivity index (χ1n) is 10.3. The molecule has 0 radical (unpaired) electrons. The molecular weight excluding hydrogens is 517 g/mol. The Hall–Kier alpha value is -2.03. The zero-order valence-corrected chi connectivity index (χ0v) is 21.8. The fraction of sp³-hybridized carbons (Fsp3) is 0.217. The molecule has 0 aliphatic heterocycles. The molecule has 1 N–H and O–H groups in total. The highest BCUT2D eigenvalue weighted by Crippen LogP contribution is 2.31. The minimum Gasteiger partial charge on any atom is -0.365 e. The highest BCUT2D eigenvalue weighted by molar-refractivity contribution is 7.19. The Kier molecular flexibility index (Phi) is 7.98. The Morgan fingerprint density at radius 1 is 0.758 bits per heavy atom. The molecule has 0 unspecified atom stereocenters. The van der Waals surface area contributed by atoms with Crippen molar-refractivity contribution in [2.45, 2.75) is 33.2 Å². The molecule has 0 aliphatic rings. The molecule has 0 amide bonds. The van der Waals surface area contributed by atoms with Gasteiger partial charge >= 0.3 is 0 Å². The van der Waals surface area contributed by atoms with Gasteiger partial charge in [-0.3, -0.25) is 0 Å². The van der Waals surface area contributed by atoms with Crippen molar-refractivity contribution in [1.82, 2.24) is 19.9 Å². The van der Waals surface area contributed by atoms with Gasteiger partial charge in [0.15, 0.2) is 0 Å². The molecule has 5 rings (SSSR count). The first-order chi connectivity index (χ1) is 16.0. The van der Waals surface area contributed by atoms with E-state index in [2.05, 4.69) is 57.3 Å². The van der Waals surface area contributed by atoms with Gasteiger partial charge in [0.05, 0.1) is 5.39 Å². The van der Waals surface area contributed by atoms with E-state index in [0.717, 1.165) is 45.6 Å². The third kappa shape index (κ3) is 5.91. The summed E-state index contributed by atoms with van der Waals surface area (Å²) in [4.78, 5) is 20.9. The summed E-state index contributed by atoms with van der Waals surface area (Å²) in [6.07, 6.45) is 1.98. The number of hydrogen-bond acceptors (Lipinski definition) is 7. The Morgan fingerprint density at radius 3 is 1.97 bits per heavy atom. The Bertz CT molecular complexity index is 1390. The Labute approximate surface area is 214 Å². The van der Waals surface area contributed by atoms with Gasteiger partial charge in [-0.1, -0.05) is 55.8 Å². The summed E-state index contributed by atoms with van der Waals surface area (Å²) in [6, 6.07) is 14.4. The van der Waals surface area contributed by atoms with Crippen molar-refractivity contribution in [3.05, 3.63) is 73.5 Å². The monoisotopic (exact) mass is 535 g/mol. The number of hydrogen-bond donors (Lipinski definition) is 1. The van der Waals surface area contributed by atoms with Crippen LogP contribution in [-0.4, -0.2) is 19.9 Å². The number of thiophene rings is 2. The van der Waals surface area contributed by atoms with E-state index in [1.807, 2.05) is 24.3 Å². The number of rotatable bonds is 5. The lowest BCUT2D eigenvalue weighted by atomic mass is 10.2. The van der Waals surface area contributed by atoms with E-state index in [-0.39, 0.29) is 10.6 Å². The van der Waals surface area contributed by atoms with Gasteiger partial charge in [-0.25, -0.2) is 19.9 Å². The summed E-state index contributed by atoms with van der Waals surface area (Å²) < 4.78 is 0. The van der Waals surface area contributed by atoms with Gasteiger partial charge in [-0.05, 0) is 53.7 Å². The zero-order chi connectivity index (χ0) is 23.4. The molecule has 0 saturated carbocycles. The fourth-order valence-corrected chi connectivity index (χ4v) is 5.82. The first kappa shape index (κ1) is 24.1. The highest BCUT2D eigenvalue weighted by Gasteiger charge is 2.10. The SMILES string of the molecule is CCc1cc2c(Cl)nc(Cl)nc2s1.CCc1cc2c(NCc3ccccc3)nc(Cl)nc2s1. The maximum Gasteiger partial charge on any atom is 0.225 e. The molecule has 5 nitrogen and oxygen atoms in total. The molecule has 170 valence electrons. The normalized spacial score (nSPS) is 10.9. The standard InChI is InChI=1S/C15H14ClN3S.C8H6Cl2N2S/c1-2-11-8-12-13(18-15(16)19-14(12)20-11)17-9-10-6-4-3-5-7-10;1-2-4-3-5-6(9)11-8(10)12-7(5)13-4/h3-8H,2,9H2,1H3,(H,17,18,19);3H,2H2,1H3. The van der Waals surface area contributed by atoms with Gasteiger partial charge in [-0.2, -0.15) is 0 Å². The lowest BCUT2D eigenvalue weighted by molar-refractivity contribution is 1.10. The molecule has 0 fully saturated rings. The van der Waals surface area contributed by atoms with Gasteiger partial charge in [0.2, 0.25) is 10.6 Å². The summed E-state index contributed by atoms with van der Waals surface area (Å²) in [5.41, 5.74) is 1.21. The average Bonchev–Trinajstić information content (AvgIpc) is 3.42. The van der Waals surface area contributed by atoms with E-state index < -0.39 is 0 Å². The smallest absolute Gasteiger partial charge is 0.225 e. The van der Waals surface area contributed by atoms with E-state index in [4.69, 9.17) is 34.8 Å². The largest absolute Gasteiger partial charge is 0.365 e. The Morgan fingerprint density at radius 2 is 1.33 bits per heavy atom. The average molecular weight is 537 g/mol. The van der Waals surface area contributed by atoms with Crippen LogP contribution in [0.4, 0.5) is 5.82 Å². The summed E-state index contributed by atoms with van der Waals surface area (Å²) in [7, 11) is 0. The molecular formula is C23H20Cl3N5S2. The molecule has 4 heterocycles. The highest BCUT2D eigenvalue weighted by atomic mass is 35.5. The van der Waals surface area contributed by atoms with Crippen LogP contribution < -0.4 is 5.32 Å². The van der Waals surface area contributed by atoms with Crippen LogP contribution in [0, 0.1) is 0 Å². The van der Waals surface area contributed by atoms with Crippen molar-refractivity contribution >= 4 is 83.7 Å². The maximum atomic E-state index is 6.00. The van der Waals surface area contributed by atoms with Crippen molar-refractivity contribution in [1.29, 1.82) is 0 Å². The third-order valence-electron chi connectivity index (χ3n) is 4.79. The van der Waals surface area contributed by atoms with Crippen LogP contribution in [0.3, 0.4) is 0 Å². The molecule has 10 heteroatoms. The van der Waals surface area contributed by atoms with Gasteiger partial charge in [0, 0.05) is 21.7 Å². The minimum atomic E-state index is 0.210. The van der Waals surface area contributed by atoms with Crippen molar-refractivity contribution in [3.63, 3.8) is 0 Å². The van der Waals surface area contributed by atoms with Crippen LogP contribution in [-0.2, 0) is 19.4 Å². The topological polar surface area (TPSA) is 63.6 Å². The van der Waals surface area contributed by atoms with Gasteiger partial charge in [0.25, 0.3) is 0 Å². The molecule has 33 heavy (non-hydrogen) atoms. The van der Waals surface area contributed by atoms with Crippen LogP contribution in [0.5, 0.6) is 0 Å². The molecule has 1 aromatic carbocycles. The lowest BCUT2D eigenvalue weighted by Gasteiger charge is -2.07. The predicted octanol–water partition coefficient (Wildman–Crippen LogP) is 8.08. The number of halogens is 3. The summed E-state index contributed by atoms with van der Waals surface area (Å²) >= 11 is 20.9. The molecule has 0 bridgehead atoms. The lowest BCUT2D eigenvalue weighted by Crippen LogP contribution is -2.02. The van der Waals surface area contributed by atoms with Crippen molar-refractivity contribution < 1.29 is 0 Å². The van der Waals surface area contributed by atoms with Crippen LogP contribution >= 0.6 is 57.5 Å². The second-order valence-corrected chi connectivity index (χ2v) is 10.3.